The maximum atomic E-state index is 5.80. The number of hydrogen-bond donors (Lipinski definition) is 2. The van der Waals surface area contributed by atoms with Crippen LogP contribution < -0.4 is 11.1 Å². The number of nitrogen functional groups attached to an aromatic ring is 1. The molecule has 0 atom stereocenters. The van der Waals surface area contributed by atoms with E-state index in [9.17, 15) is 0 Å². The number of benzene rings is 1. The number of nitrogens with zero attached hydrogens (tertiary/aromatic N) is 1. The van der Waals surface area contributed by atoms with Crippen molar-refractivity contribution in [1.29, 1.82) is 0 Å². The van der Waals surface area contributed by atoms with E-state index in [1.54, 1.807) is 6.20 Å². The first kappa shape index (κ1) is 13.4. The molecule has 0 unspecified atom stereocenters. The first-order valence-electron chi connectivity index (χ1n) is 5.43. The summed E-state index contributed by atoms with van der Waals surface area (Å²) in [5.74, 6) is 0.762. The van der Waals surface area contributed by atoms with E-state index < -0.39 is 0 Å². The molecule has 3 N–H and O–H groups in total. The summed E-state index contributed by atoms with van der Waals surface area (Å²) in [7, 11) is 0. The average molecular weight is 371 g/mol. The Hall–Kier alpha value is -1.07. The Labute approximate surface area is 123 Å². The fourth-order valence-electron chi connectivity index (χ4n) is 1.49. The molecular weight excluding hydrogens is 358 g/mol. The number of rotatable bonds is 2. The van der Waals surface area contributed by atoms with Crippen LogP contribution in [-0.4, -0.2) is 4.98 Å². The van der Waals surface area contributed by atoms with Gasteiger partial charge in [0.15, 0.2) is 0 Å². The van der Waals surface area contributed by atoms with Gasteiger partial charge in [-0.05, 0) is 53.0 Å². The van der Waals surface area contributed by atoms with Crippen LogP contribution in [0.25, 0.3) is 0 Å². The molecule has 0 aliphatic carbocycles. The van der Waals surface area contributed by atoms with E-state index in [0.29, 0.717) is 5.69 Å². The van der Waals surface area contributed by atoms with Gasteiger partial charge in [-0.2, -0.15) is 0 Å². The minimum atomic E-state index is 0.678. The van der Waals surface area contributed by atoms with Crippen LogP contribution in [0.5, 0.6) is 0 Å². The van der Waals surface area contributed by atoms with Crippen molar-refractivity contribution in [2.45, 2.75) is 13.8 Å². The molecule has 1 aromatic carbocycles. The summed E-state index contributed by atoms with van der Waals surface area (Å²) in [6, 6.07) is 6.08. The highest BCUT2D eigenvalue weighted by Crippen LogP contribution is 2.30. The minimum absolute atomic E-state index is 0.678. The van der Waals surface area contributed by atoms with E-state index in [1.165, 1.54) is 5.56 Å². The monoisotopic (exact) mass is 369 g/mol. The van der Waals surface area contributed by atoms with Gasteiger partial charge in [-0.1, -0.05) is 22.0 Å². The molecule has 0 saturated heterocycles. The molecule has 5 heteroatoms. The molecular formula is C13H13Br2N3. The van der Waals surface area contributed by atoms with Crippen molar-refractivity contribution in [1.82, 2.24) is 4.98 Å². The van der Waals surface area contributed by atoms with Crippen LogP contribution in [0, 0.1) is 13.8 Å². The smallest absolute Gasteiger partial charge is 0.145 e. The molecule has 0 aliphatic rings. The normalized spacial score (nSPS) is 10.4. The molecule has 94 valence electrons. The zero-order valence-corrected chi connectivity index (χ0v) is 13.3. The molecule has 0 bridgehead atoms. The van der Waals surface area contributed by atoms with Gasteiger partial charge in [0, 0.05) is 10.2 Å². The number of hydrogen-bond acceptors (Lipinski definition) is 3. The average Bonchev–Trinajstić information content (AvgIpc) is 2.34. The van der Waals surface area contributed by atoms with Gasteiger partial charge in [-0.25, -0.2) is 4.98 Å². The fourth-order valence-corrected chi connectivity index (χ4v) is 2.30. The maximum Gasteiger partial charge on any atom is 0.145 e. The van der Waals surface area contributed by atoms with Crippen molar-refractivity contribution < 1.29 is 0 Å². The molecule has 1 heterocycles. The van der Waals surface area contributed by atoms with Gasteiger partial charge >= 0.3 is 0 Å². The Bertz CT molecular complexity index is 597. The Morgan fingerprint density at radius 1 is 1.22 bits per heavy atom. The predicted molar refractivity (Wildman–Crippen MR) is 83.2 cm³/mol. The van der Waals surface area contributed by atoms with Crippen LogP contribution in [0.15, 0.2) is 33.3 Å². The third kappa shape index (κ3) is 2.67. The van der Waals surface area contributed by atoms with Crippen LogP contribution >= 0.6 is 31.9 Å². The van der Waals surface area contributed by atoms with E-state index in [1.807, 2.05) is 25.1 Å². The Kier molecular flexibility index (Phi) is 3.92. The Morgan fingerprint density at radius 2 is 1.94 bits per heavy atom. The summed E-state index contributed by atoms with van der Waals surface area (Å²) in [6.45, 7) is 4.01. The number of aromatic nitrogens is 1. The number of anilines is 3. The molecule has 0 radical (unpaired) electrons. The second kappa shape index (κ2) is 5.28. The molecule has 2 aromatic rings. The van der Waals surface area contributed by atoms with Crippen molar-refractivity contribution >= 4 is 49.1 Å². The topological polar surface area (TPSA) is 50.9 Å². The Morgan fingerprint density at radius 3 is 2.61 bits per heavy atom. The van der Waals surface area contributed by atoms with Gasteiger partial charge in [0.05, 0.1) is 16.4 Å². The van der Waals surface area contributed by atoms with Crippen molar-refractivity contribution in [2.24, 2.45) is 0 Å². The third-order valence-corrected chi connectivity index (χ3v) is 4.56. The highest BCUT2D eigenvalue weighted by Gasteiger charge is 2.08. The first-order valence-corrected chi connectivity index (χ1v) is 7.01. The van der Waals surface area contributed by atoms with Gasteiger partial charge in [-0.3, -0.25) is 0 Å². The largest absolute Gasteiger partial charge is 0.397 e. The lowest BCUT2D eigenvalue weighted by Crippen LogP contribution is -1.99. The van der Waals surface area contributed by atoms with Gasteiger partial charge < -0.3 is 11.1 Å². The van der Waals surface area contributed by atoms with Crippen molar-refractivity contribution in [2.75, 3.05) is 11.1 Å². The standard InChI is InChI=1S/C13H13Br2N3/c1-7-3-4-9(5-10(7)14)18-13-12(15)8(2)11(16)6-17-13/h3-6H,16H2,1-2H3,(H,17,18). The van der Waals surface area contributed by atoms with E-state index in [4.69, 9.17) is 5.73 Å². The molecule has 0 aliphatic heterocycles. The van der Waals surface area contributed by atoms with Gasteiger partial charge in [0.2, 0.25) is 0 Å². The number of aryl methyl sites for hydroxylation is 1. The maximum absolute atomic E-state index is 5.80. The summed E-state index contributed by atoms with van der Waals surface area (Å²) in [4.78, 5) is 4.29. The van der Waals surface area contributed by atoms with Gasteiger partial charge in [0.1, 0.15) is 5.82 Å². The number of nitrogens with one attached hydrogen (secondary N) is 1. The fraction of sp³-hybridized carbons (Fsp3) is 0.154. The molecule has 0 spiro atoms. The summed E-state index contributed by atoms with van der Waals surface area (Å²) >= 11 is 7.02. The lowest BCUT2D eigenvalue weighted by molar-refractivity contribution is 1.25. The summed E-state index contributed by atoms with van der Waals surface area (Å²) in [5.41, 5.74) is 9.63. The Balaban J connectivity index is 2.34. The van der Waals surface area contributed by atoms with Gasteiger partial charge in [0.25, 0.3) is 0 Å². The molecule has 0 saturated carbocycles. The third-order valence-electron chi connectivity index (χ3n) is 2.74. The number of nitrogens with two attached hydrogens (primary N) is 1. The van der Waals surface area contributed by atoms with Crippen LogP contribution in [0.2, 0.25) is 0 Å². The SMILES string of the molecule is Cc1ccc(Nc2ncc(N)c(C)c2Br)cc1Br. The minimum Gasteiger partial charge on any atom is -0.397 e. The summed E-state index contributed by atoms with van der Waals surface area (Å²) in [5, 5.41) is 3.26. The summed E-state index contributed by atoms with van der Waals surface area (Å²) in [6.07, 6.45) is 1.66. The van der Waals surface area contributed by atoms with Gasteiger partial charge in [-0.15, -0.1) is 0 Å². The van der Waals surface area contributed by atoms with E-state index >= 15 is 0 Å². The molecule has 2 rings (SSSR count). The second-order valence-corrected chi connectivity index (χ2v) is 5.74. The lowest BCUT2D eigenvalue weighted by Gasteiger charge is -2.11. The lowest BCUT2D eigenvalue weighted by atomic mass is 10.2. The zero-order chi connectivity index (χ0) is 13.3. The van der Waals surface area contributed by atoms with E-state index in [2.05, 4.69) is 49.1 Å². The van der Waals surface area contributed by atoms with E-state index in [-0.39, 0.29) is 0 Å². The van der Waals surface area contributed by atoms with Crippen LogP contribution in [0.3, 0.4) is 0 Å². The molecule has 1 aromatic heterocycles. The second-order valence-electron chi connectivity index (χ2n) is 4.09. The molecule has 3 nitrogen and oxygen atoms in total. The van der Waals surface area contributed by atoms with Crippen LogP contribution in [0.1, 0.15) is 11.1 Å². The van der Waals surface area contributed by atoms with Crippen LogP contribution in [0.4, 0.5) is 17.2 Å². The molecule has 0 amide bonds. The number of pyridine rings is 1. The highest BCUT2D eigenvalue weighted by atomic mass is 79.9. The van der Waals surface area contributed by atoms with Crippen molar-refractivity contribution in [3.63, 3.8) is 0 Å². The first-order chi connectivity index (χ1) is 8.49. The molecule has 18 heavy (non-hydrogen) atoms. The number of halogens is 2. The predicted octanol–water partition coefficient (Wildman–Crippen LogP) is 4.55. The van der Waals surface area contributed by atoms with Crippen LogP contribution in [-0.2, 0) is 0 Å². The zero-order valence-electron chi connectivity index (χ0n) is 10.1. The van der Waals surface area contributed by atoms with Crippen molar-refractivity contribution in [3.05, 3.63) is 44.5 Å². The molecule has 0 fully saturated rings. The quantitative estimate of drug-likeness (QED) is 0.815. The summed E-state index contributed by atoms with van der Waals surface area (Å²) < 4.78 is 1.95. The van der Waals surface area contributed by atoms with Crippen molar-refractivity contribution in [3.8, 4) is 0 Å². The highest BCUT2D eigenvalue weighted by molar-refractivity contribution is 9.11. The van der Waals surface area contributed by atoms with E-state index in [0.717, 1.165) is 26.0 Å².